The zero-order chi connectivity index (χ0) is 15.2. The molecule has 1 aromatic carbocycles. The third-order valence-electron chi connectivity index (χ3n) is 2.76. The van der Waals surface area contributed by atoms with Gasteiger partial charge in [0.15, 0.2) is 0 Å². The van der Waals surface area contributed by atoms with Crippen LogP contribution in [0.25, 0.3) is 6.08 Å². The molecule has 0 fully saturated rings. The lowest BCUT2D eigenvalue weighted by Crippen LogP contribution is -2.17. The Balaban J connectivity index is 1.98. The summed E-state index contributed by atoms with van der Waals surface area (Å²) >= 11 is 0. The van der Waals surface area contributed by atoms with Crippen molar-refractivity contribution in [2.75, 3.05) is 5.32 Å². The summed E-state index contributed by atoms with van der Waals surface area (Å²) < 4.78 is 0. The first-order valence-corrected chi connectivity index (χ1v) is 6.26. The fraction of sp³-hybridized carbons (Fsp3) is 0.0667. The largest absolute Gasteiger partial charge is 0.331 e. The zero-order valence-corrected chi connectivity index (χ0v) is 11.4. The fourth-order valence-corrected chi connectivity index (χ4v) is 1.63. The first-order chi connectivity index (χ1) is 10.0. The number of rotatable bonds is 4. The summed E-state index contributed by atoms with van der Waals surface area (Å²) in [5.41, 5.74) is 1.80. The average Bonchev–Trinajstić information content (AvgIpc) is 2.48. The topological polar surface area (TPSA) is 86.4 Å². The molecule has 0 saturated carbocycles. The van der Waals surface area contributed by atoms with Gasteiger partial charge in [0, 0.05) is 24.3 Å². The Morgan fingerprint density at radius 3 is 2.52 bits per heavy atom. The average molecular weight is 284 g/mol. The molecule has 0 spiro atoms. The van der Waals surface area contributed by atoms with Crippen LogP contribution in [0, 0.1) is 17.0 Å². The first-order valence-electron chi connectivity index (χ1n) is 6.26. The van der Waals surface area contributed by atoms with Gasteiger partial charge in [-0.15, -0.1) is 0 Å². The maximum Gasteiger partial charge on any atom is 0.331 e. The number of benzene rings is 1. The number of nitrogens with zero attached hydrogens (tertiary/aromatic N) is 1. The van der Waals surface area contributed by atoms with Gasteiger partial charge in [-0.3, -0.25) is 10.1 Å². The van der Waals surface area contributed by atoms with Gasteiger partial charge in [0.25, 0.3) is 11.5 Å². The van der Waals surface area contributed by atoms with Crippen molar-refractivity contribution >= 4 is 23.5 Å². The van der Waals surface area contributed by atoms with Gasteiger partial charge in [0.1, 0.15) is 0 Å². The van der Waals surface area contributed by atoms with Crippen molar-refractivity contribution < 1.29 is 14.7 Å². The lowest BCUT2D eigenvalue weighted by Gasteiger charge is -1.95. The summed E-state index contributed by atoms with van der Waals surface area (Å²) in [7, 11) is 0. The van der Waals surface area contributed by atoms with Crippen LogP contribution in [0.15, 0.2) is 48.7 Å². The molecule has 1 heterocycles. The number of anilines is 1. The first kappa shape index (κ1) is 14.4. The lowest BCUT2D eigenvalue weighted by molar-refractivity contribution is -0.384. The number of nitrogens with one attached hydrogen (secondary N) is 2. The molecule has 0 aliphatic carbocycles. The van der Waals surface area contributed by atoms with E-state index in [4.69, 9.17) is 0 Å². The van der Waals surface area contributed by atoms with E-state index >= 15 is 0 Å². The van der Waals surface area contributed by atoms with E-state index in [-0.39, 0.29) is 11.6 Å². The van der Waals surface area contributed by atoms with Gasteiger partial charge < -0.3 is 0 Å². The smallest absolute Gasteiger partial charge is 0.258 e. The molecule has 2 aromatic rings. The highest BCUT2D eigenvalue weighted by Crippen LogP contribution is 2.12. The van der Waals surface area contributed by atoms with Crippen molar-refractivity contribution in [3.05, 3.63) is 69.9 Å². The summed E-state index contributed by atoms with van der Waals surface area (Å²) in [4.78, 5) is 24.7. The Hall–Kier alpha value is -3.02. The van der Waals surface area contributed by atoms with Crippen molar-refractivity contribution in [3.8, 4) is 0 Å². The van der Waals surface area contributed by atoms with Crippen molar-refractivity contribution in [3.63, 3.8) is 0 Å². The van der Waals surface area contributed by atoms with Crippen molar-refractivity contribution in [1.29, 1.82) is 0 Å². The van der Waals surface area contributed by atoms with Crippen LogP contribution in [0.5, 0.6) is 0 Å². The van der Waals surface area contributed by atoms with Crippen LogP contribution >= 0.6 is 0 Å². The summed E-state index contributed by atoms with van der Waals surface area (Å²) in [5.74, 6) is 0.312. The molecular weight excluding hydrogens is 270 g/mol. The zero-order valence-electron chi connectivity index (χ0n) is 11.4. The number of hydrogen-bond donors (Lipinski definition) is 1. The Kier molecular flexibility index (Phi) is 4.40. The molecule has 0 aliphatic heterocycles. The van der Waals surface area contributed by atoms with Crippen LogP contribution in [0.2, 0.25) is 0 Å². The van der Waals surface area contributed by atoms with E-state index in [2.05, 4.69) is 10.3 Å². The molecule has 0 saturated heterocycles. The van der Waals surface area contributed by atoms with Crippen LogP contribution in [-0.4, -0.2) is 10.8 Å². The molecule has 0 unspecified atom stereocenters. The number of nitro benzene ring substituents is 1. The van der Waals surface area contributed by atoms with Crippen molar-refractivity contribution in [1.82, 2.24) is 0 Å². The van der Waals surface area contributed by atoms with Crippen LogP contribution < -0.4 is 10.3 Å². The highest BCUT2D eigenvalue weighted by Gasteiger charge is 2.06. The van der Waals surface area contributed by atoms with E-state index < -0.39 is 4.92 Å². The SMILES string of the molecule is Cc1ccc(NC(=O)C=Cc2ccc([N+](=O)[O-])cc2)[nH+]c1. The molecule has 1 aromatic heterocycles. The van der Waals surface area contributed by atoms with Crippen LogP contribution in [-0.2, 0) is 4.79 Å². The Bertz CT molecular complexity index is 676. The number of aromatic amines is 1. The lowest BCUT2D eigenvalue weighted by atomic mass is 10.2. The molecule has 6 nitrogen and oxygen atoms in total. The van der Waals surface area contributed by atoms with Crippen molar-refractivity contribution in [2.45, 2.75) is 6.92 Å². The third-order valence-corrected chi connectivity index (χ3v) is 2.76. The molecule has 0 atom stereocenters. The molecule has 0 radical (unpaired) electrons. The minimum Gasteiger partial charge on any atom is -0.258 e. The second-order valence-electron chi connectivity index (χ2n) is 4.45. The highest BCUT2D eigenvalue weighted by molar-refractivity contribution is 6.00. The van der Waals surface area contributed by atoms with Gasteiger partial charge in [-0.05, 0) is 42.3 Å². The second kappa shape index (κ2) is 6.42. The Labute approximate surface area is 121 Å². The van der Waals surface area contributed by atoms with E-state index in [0.29, 0.717) is 11.4 Å². The second-order valence-corrected chi connectivity index (χ2v) is 4.45. The third kappa shape index (κ3) is 4.24. The molecule has 1 amide bonds. The molecule has 0 aliphatic rings. The summed E-state index contributed by atoms with van der Waals surface area (Å²) in [6.07, 6.45) is 4.75. The predicted molar refractivity (Wildman–Crippen MR) is 78.5 cm³/mol. The van der Waals surface area contributed by atoms with Gasteiger partial charge in [-0.1, -0.05) is 0 Å². The number of carbonyl (C=O) groups excluding carboxylic acids is 1. The van der Waals surface area contributed by atoms with Gasteiger partial charge in [0.05, 0.1) is 11.1 Å². The van der Waals surface area contributed by atoms with E-state index in [1.165, 1.54) is 18.2 Å². The highest BCUT2D eigenvalue weighted by atomic mass is 16.6. The van der Waals surface area contributed by atoms with Crippen LogP contribution in [0.3, 0.4) is 0 Å². The summed E-state index contributed by atoms with van der Waals surface area (Å²) in [6.45, 7) is 1.94. The maximum absolute atomic E-state index is 11.7. The summed E-state index contributed by atoms with van der Waals surface area (Å²) in [6, 6.07) is 9.61. The maximum atomic E-state index is 11.7. The Morgan fingerprint density at radius 2 is 1.95 bits per heavy atom. The van der Waals surface area contributed by atoms with E-state index in [1.807, 2.05) is 13.0 Å². The van der Waals surface area contributed by atoms with Gasteiger partial charge in [0.2, 0.25) is 0 Å². The van der Waals surface area contributed by atoms with Crippen LogP contribution in [0.1, 0.15) is 11.1 Å². The molecular formula is C15H14N3O3+. The minimum absolute atomic E-state index is 0.0193. The molecule has 106 valence electrons. The van der Waals surface area contributed by atoms with E-state index in [1.54, 1.807) is 30.5 Å². The normalized spacial score (nSPS) is 10.5. The molecule has 6 heteroatoms. The van der Waals surface area contributed by atoms with Crippen molar-refractivity contribution in [2.24, 2.45) is 0 Å². The standard InChI is InChI=1S/C15H13N3O3/c1-11-2-8-14(16-10-11)17-15(19)9-5-12-3-6-13(7-4-12)18(20)21/h2-10H,1H3,(H,16,17,19)/p+1. The number of carbonyl (C=O) groups is 1. The molecule has 2 rings (SSSR count). The molecule has 2 N–H and O–H groups in total. The molecule has 0 bridgehead atoms. The number of aryl methyl sites for hydroxylation is 1. The molecule has 21 heavy (non-hydrogen) atoms. The minimum atomic E-state index is -0.465. The number of non-ortho nitro benzene ring substituents is 1. The predicted octanol–water partition coefficient (Wildman–Crippen LogP) is 2.37. The number of aromatic nitrogens is 1. The van der Waals surface area contributed by atoms with Crippen LogP contribution in [0.4, 0.5) is 11.5 Å². The number of nitro groups is 1. The van der Waals surface area contributed by atoms with E-state index in [0.717, 1.165) is 5.56 Å². The van der Waals surface area contributed by atoms with Gasteiger partial charge in [-0.25, -0.2) is 15.1 Å². The fourth-order valence-electron chi connectivity index (χ4n) is 1.63. The number of H-pyrrole nitrogens is 1. The van der Waals surface area contributed by atoms with Gasteiger partial charge in [-0.2, -0.15) is 0 Å². The number of hydrogen-bond acceptors (Lipinski definition) is 3. The number of amides is 1. The van der Waals surface area contributed by atoms with Gasteiger partial charge >= 0.3 is 5.91 Å². The summed E-state index contributed by atoms with van der Waals surface area (Å²) in [5, 5.41) is 13.2. The monoisotopic (exact) mass is 284 g/mol. The Morgan fingerprint density at radius 1 is 1.24 bits per heavy atom. The quantitative estimate of drug-likeness (QED) is 0.531. The number of pyridine rings is 1. The van der Waals surface area contributed by atoms with E-state index in [9.17, 15) is 14.9 Å².